The minimum atomic E-state index is -0.311. The molecule has 122 valence electrons. The van der Waals surface area contributed by atoms with Crippen LogP contribution in [0.2, 0.25) is 0 Å². The molecule has 1 aromatic heterocycles. The van der Waals surface area contributed by atoms with Crippen LogP contribution in [-0.4, -0.2) is 34.3 Å². The van der Waals surface area contributed by atoms with Crippen molar-refractivity contribution in [3.63, 3.8) is 0 Å². The van der Waals surface area contributed by atoms with Crippen molar-refractivity contribution in [2.24, 2.45) is 11.7 Å². The summed E-state index contributed by atoms with van der Waals surface area (Å²) in [5.74, 6) is -0.543. The molecule has 1 saturated heterocycles. The van der Waals surface area contributed by atoms with Gasteiger partial charge >= 0.3 is 0 Å². The van der Waals surface area contributed by atoms with Crippen molar-refractivity contribution in [1.82, 2.24) is 9.88 Å². The first-order chi connectivity index (χ1) is 10.4. The molecule has 5 nitrogen and oxygen atoms in total. The molecule has 1 aliphatic heterocycles. The maximum absolute atomic E-state index is 12.8. The molecule has 2 heterocycles. The van der Waals surface area contributed by atoms with E-state index < -0.39 is 0 Å². The van der Waals surface area contributed by atoms with Gasteiger partial charge in [-0.05, 0) is 39.5 Å². The molecule has 0 bridgehead atoms. The number of piperidine rings is 1. The number of hydrogen-bond donors (Lipinski definition) is 1. The van der Waals surface area contributed by atoms with Gasteiger partial charge in [0.05, 0.1) is 16.6 Å². The summed E-state index contributed by atoms with van der Waals surface area (Å²) in [6, 6.07) is 0.142. The lowest BCUT2D eigenvalue weighted by Gasteiger charge is -2.36. The lowest BCUT2D eigenvalue weighted by Crippen LogP contribution is -2.48. The van der Waals surface area contributed by atoms with Crippen LogP contribution >= 0.6 is 11.3 Å². The highest BCUT2D eigenvalue weighted by molar-refractivity contribution is 7.13. The average molecular weight is 323 g/mol. The van der Waals surface area contributed by atoms with Crippen LogP contribution in [0.1, 0.15) is 59.9 Å². The molecule has 6 heteroatoms. The Balaban J connectivity index is 2.15. The Morgan fingerprint density at radius 1 is 1.41 bits per heavy atom. The molecule has 2 amide bonds. The van der Waals surface area contributed by atoms with Crippen LogP contribution in [0.3, 0.4) is 0 Å². The summed E-state index contributed by atoms with van der Waals surface area (Å²) in [7, 11) is 0. The molecule has 2 N–H and O–H groups in total. The van der Waals surface area contributed by atoms with Crippen LogP contribution in [-0.2, 0) is 11.2 Å². The molecule has 0 unspecified atom stereocenters. The van der Waals surface area contributed by atoms with E-state index in [9.17, 15) is 9.59 Å². The quantitative estimate of drug-likeness (QED) is 0.904. The van der Waals surface area contributed by atoms with Gasteiger partial charge in [-0.25, -0.2) is 4.98 Å². The van der Waals surface area contributed by atoms with Gasteiger partial charge in [0, 0.05) is 12.6 Å². The van der Waals surface area contributed by atoms with Crippen molar-refractivity contribution < 1.29 is 9.59 Å². The van der Waals surface area contributed by atoms with E-state index >= 15 is 0 Å². The summed E-state index contributed by atoms with van der Waals surface area (Å²) < 4.78 is 0. The Morgan fingerprint density at radius 2 is 2.14 bits per heavy atom. The van der Waals surface area contributed by atoms with Crippen molar-refractivity contribution in [1.29, 1.82) is 0 Å². The Hall–Kier alpha value is -1.43. The maximum Gasteiger partial charge on any atom is 0.266 e. The normalized spacial score (nSPS) is 21.9. The Bertz CT molecular complexity index is 556. The number of carbonyl (C=O) groups is 2. The minimum absolute atomic E-state index is 0.00352. The van der Waals surface area contributed by atoms with Crippen LogP contribution in [0.15, 0.2) is 0 Å². The lowest BCUT2D eigenvalue weighted by molar-refractivity contribution is -0.123. The van der Waals surface area contributed by atoms with Gasteiger partial charge in [-0.15, -0.1) is 11.3 Å². The van der Waals surface area contributed by atoms with Gasteiger partial charge in [0.2, 0.25) is 5.91 Å². The lowest BCUT2D eigenvalue weighted by atomic mass is 9.93. The zero-order valence-electron chi connectivity index (χ0n) is 13.6. The Morgan fingerprint density at radius 3 is 2.77 bits per heavy atom. The number of aromatic nitrogens is 1. The molecule has 2 rings (SSSR count). The van der Waals surface area contributed by atoms with Crippen molar-refractivity contribution in [3.8, 4) is 0 Å². The SMILES string of the molecule is CCCCc1nc(C)c(C(=O)N2C[C@@H](C(N)=O)CC[C@H]2C)s1. The van der Waals surface area contributed by atoms with E-state index in [-0.39, 0.29) is 23.8 Å². The van der Waals surface area contributed by atoms with Gasteiger partial charge in [-0.2, -0.15) is 0 Å². The average Bonchev–Trinajstić information content (AvgIpc) is 2.85. The predicted octanol–water partition coefficient (Wildman–Crippen LogP) is 2.52. The second kappa shape index (κ2) is 7.22. The van der Waals surface area contributed by atoms with Gasteiger partial charge in [-0.1, -0.05) is 13.3 Å². The van der Waals surface area contributed by atoms with Crippen LogP contribution in [0.5, 0.6) is 0 Å². The van der Waals surface area contributed by atoms with Crippen LogP contribution in [0, 0.1) is 12.8 Å². The van der Waals surface area contributed by atoms with Gasteiger partial charge in [0.15, 0.2) is 0 Å². The van der Waals surface area contributed by atoms with E-state index in [2.05, 4.69) is 11.9 Å². The van der Waals surface area contributed by atoms with Gasteiger partial charge < -0.3 is 10.6 Å². The van der Waals surface area contributed by atoms with Crippen molar-refractivity contribution in [2.45, 2.75) is 58.9 Å². The molecule has 1 fully saturated rings. The fourth-order valence-electron chi connectivity index (χ4n) is 2.84. The molecule has 1 aromatic rings. The zero-order valence-corrected chi connectivity index (χ0v) is 14.4. The summed E-state index contributed by atoms with van der Waals surface area (Å²) in [4.78, 5) is 31.3. The first-order valence-electron chi connectivity index (χ1n) is 8.00. The highest BCUT2D eigenvalue weighted by Gasteiger charge is 2.33. The fourth-order valence-corrected chi connectivity index (χ4v) is 3.90. The summed E-state index contributed by atoms with van der Waals surface area (Å²) in [5.41, 5.74) is 6.22. The molecule has 1 aliphatic rings. The zero-order chi connectivity index (χ0) is 16.3. The van der Waals surface area contributed by atoms with Gasteiger partial charge in [0.1, 0.15) is 4.88 Å². The van der Waals surface area contributed by atoms with E-state index in [1.165, 1.54) is 11.3 Å². The molecule has 22 heavy (non-hydrogen) atoms. The number of nitrogens with zero attached hydrogens (tertiary/aromatic N) is 2. The predicted molar refractivity (Wildman–Crippen MR) is 87.9 cm³/mol. The Kier molecular flexibility index (Phi) is 5.56. The third kappa shape index (κ3) is 3.66. The van der Waals surface area contributed by atoms with Crippen molar-refractivity contribution in [2.75, 3.05) is 6.54 Å². The number of aryl methyl sites for hydroxylation is 2. The first-order valence-corrected chi connectivity index (χ1v) is 8.82. The number of rotatable bonds is 5. The number of carbonyl (C=O) groups excluding carboxylic acids is 2. The van der Waals surface area contributed by atoms with E-state index in [1.54, 1.807) is 4.90 Å². The van der Waals surface area contributed by atoms with Crippen LogP contribution in [0.4, 0.5) is 0 Å². The number of primary amides is 1. The number of likely N-dealkylation sites (tertiary alicyclic amines) is 1. The number of hydrogen-bond acceptors (Lipinski definition) is 4. The van der Waals surface area contributed by atoms with E-state index in [0.29, 0.717) is 11.4 Å². The van der Waals surface area contributed by atoms with Gasteiger partial charge in [0.25, 0.3) is 5.91 Å². The molecule has 0 aromatic carbocycles. The molecule has 0 saturated carbocycles. The highest BCUT2D eigenvalue weighted by Crippen LogP contribution is 2.27. The summed E-state index contributed by atoms with van der Waals surface area (Å²) in [5, 5.41) is 1.03. The number of thiazole rings is 1. The van der Waals surface area contributed by atoms with E-state index in [0.717, 1.165) is 42.8 Å². The summed E-state index contributed by atoms with van der Waals surface area (Å²) >= 11 is 1.49. The third-order valence-corrected chi connectivity index (χ3v) is 5.53. The highest BCUT2D eigenvalue weighted by atomic mass is 32.1. The van der Waals surface area contributed by atoms with Crippen molar-refractivity contribution in [3.05, 3.63) is 15.6 Å². The Labute approximate surface area is 135 Å². The first kappa shape index (κ1) is 16.9. The van der Waals surface area contributed by atoms with Crippen molar-refractivity contribution >= 4 is 23.2 Å². The molecule has 2 atom stereocenters. The summed E-state index contributed by atoms with van der Waals surface area (Å²) in [6.07, 6.45) is 4.72. The fraction of sp³-hybridized carbons (Fsp3) is 0.688. The summed E-state index contributed by atoms with van der Waals surface area (Å²) in [6.45, 7) is 6.49. The second-order valence-corrected chi connectivity index (χ2v) is 7.19. The second-order valence-electron chi connectivity index (χ2n) is 6.11. The molecular weight excluding hydrogens is 298 g/mol. The molecular formula is C16H25N3O2S. The molecule has 0 spiro atoms. The standard InChI is InChI=1S/C16H25N3O2S/c1-4-5-6-13-18-11(3)14(22-13)16(21)19-9-12(15(17)20)8-7-10(19)2/h10,12H,4-9H2,1-3H3,(H2,17,20)/t10-,12+/m1/s1. The smallest absolute Gasteiger partial charge is 0.266 e. The largest absolute Gasteiger partial charge is 0.369 e. The number of nitrogens with two attached hydrogens (primary N) is 1. The number of unbranched alkanes of at least 4 members (excludes halogenated alkanes) is 1. The van der Waals surface area contributed by atoms with Crippen LogP contribution < -0.4 is 5.73 Å². The van der Waals surface area contributed by atoms with E-state index in [1.807, 2.05) is 13.8 Å². The van der Waals surface area contributed by atoms with Crippen LogP contribution in [0.25, 0.3) is 0 Å². The maximum atomic E-state index is 12.8. The number of amides is 2. The van der Waals surface area contributed by atoms with E-state index in [4.69, 9.17) is 5.73 Å². The molecule has 0 radical (unpaired) electrons. The third-order valence-electron chi connectivity index (χ3n) is 4.32. The van der Waals surface area contributed by atoms with Gasteiger partial charge in [-0.3, -0.25) is 9.59 Å². The topological polar surface area (TPSA) is 76.3 Å². The monoisotopic (exact) mass is 323 g/mol. The minimum Gasteiger partial charge on any atom is -0.369 e. The molecule has 0 aliphatic carbocycles.